The highest BCUT2D eigenvalue weighted by Gasteiger charge is 2.36. The molecule has 3 rings (SSSR count). The van der Waals surface area contributed by atoms with Crippen LogP contribution in [0.2, 0.25) is 0 Å². The van der Waals surface area contributed by atoms with Crippen LogP contribution in [0.25, 0.3) is 5.65 Å². The molecule has 2 N–H and O–H groups in total. The third kappa shape index (κ3) is 1.81. The number of fused-ring (bicyclic) bond motifs is 1. The standard InChI is InChI=1S/C12H16N4O2S/c1-9-5-4-8-16(9)19(17,18)12-11(13)14-10-6-2-3-7-15(10)12/h2-3,6-7,9H,4-5,8,13H2,1H3. The lowest BCUT2D eigenvalue weighted by Crippen LogP contribution is -2.34. The second kappa shape index (κ2) is 4.21. The Morgan fingerprint density at radius 2 is 2.21 bits per heavy atom. The molecule has 19 heavy (non-hydrogen) atoms. The van der Waals surface area contributed by atoms with E-state index in [0.717, 1.165) is 12.8 Å². The lowest BCUT2D eigenvalue weighted by atomic mass is 10.3. The molecule has 1 atom stereocenters. The van der Waals surface area contributed by atoms with E-state index in [-0.39, 0.29) is 16.9 Å². The van der Waals surface area contributed by atoms with Gasteiger partial charge in [-0.2, -0.15) is 4.31 Å². The Morgan fingerprint density at radius 1 is 1.42 bits per heavy atom. The number of hydrogen-bond acceptors (Lipinski definition) is 4. The van der Waals surface area contributed by atoms with Crippen molar-refractivity contribution < 1.29 is 8.42 Å². The van der Waals surface area contributed by atoms with E-state index in [1.165, 1.54) is 8.71 Å². The minimum absolute atomic E-state index is 0.0127. The summed E-state index contributed by atoms with van der Waals surface area (Å²) >= 11 is 0. The first-order valence-electron chi connectivity index (χ1n) is 6.26. The fourth-order valence-corrected chi connectivity index (χ4v) is 4.51. The summed E-state index contributed by atoms with van der Waals surface area (Å²) in [5.41, 5.74) is 6.36. The van der Waals surface area contributed by atoms with Gasteiger partial charge >= 0.3 is 0 Å². The second-order valence-corrected chi connectivity index (χ2v) is 6.64. The van der Waals surface area contributed by atoms with Crippen LogP contribution < -0.4 is 5.73 Å². The molecule has 1 unspecified atom stereocenters. The highest BCUT2D eigenvalue weighted by Crippen LogP contribution is 2.29. The number of anilines is 1. The Morgan fingerprint density at radius 3 is 2.89 bits per heavy atom. The number of pyridine rings is 1. The molecule has 0 bridgehead atoms. The average Bonchev–Trinajstić information content (AvgIpc) is 2.91. The number of aromatic nitrogens is 2. The minimum Gasteiger partial charge on any atom is -0.381 e. The molecule has 0 radical (unpaired) electrons. The molecule has 0 aromatic carbocycles. The molecular weight excluding hydrogens is 264 g/mol. The summed E-state index contributed by atoms with van der Waals surface area (Å²) in [6, 6.07) is 5.32. The molecule has 0 aliphatic carbocycles. The summed E-state index contributed by atoms with van der Waals surface area (Å²) in [4.78, 5) is 4.11. The Hall–Kier alpha value is -1.60. The van der Waals surface area contributed by atoms with Crippen molar-refractivity contribution in [2.24, 2.45) is 0 Å². The van der Waals surface area contributed by atoms with Crippen LogP contribution in [0.1, 0.15) is 19.8 Å². The number of imidazole rings is 1. The number of sulfonamides is 1. The first kappa shape index (κ1) is 12.4. The zero-order chi connectivity index (χ0) is 13.6. The van der Waals surface area contributed by atoms with Crippen LogP contribution in [0.15, 0.2) is 29.4 Å². The van der Waals surface area contributed by atoms with Crippen LogP contribution in [-0.2, 0) is 10.0 Å². The van der Waals surface area contributed by atoms with Gasteiger partial charge in [0.05, 0.1) is 0 Å². The van der Waals surface area contributed by atoms with E-state index in [0.29, 0.717) is 12.2 Å². The van der Waals surface area contributed by atoms with Crippen molar-refractivity contribution >= 4 is 21.5 Å². The molecule has 2 aromatic rings. The van der Waals surface area contributed by atoms with Gasteiger partial charge < -0.3 is 5.73 Å². The summed E-state index contributed by atoms with van der Waals surface area (Å²) in [7, 11) is -3.59. The zero-order valence-electron chi connectivity index (χ0n) is 10.7. The molecular formula is C12H16N4O2S. The van der Waals surface area contributed by atoms with Crippen LogP contribution >= 0.6 is 0 Å². The number of rotatable bonds is 2. The van der Waals surface area contributed by atoms with Gasteiger partial charge in [-0.25, -0.2) is 13.4 Å². The molecule has 1 aliphatic heterocycles. The van der Waals surface area contributed by atoms with Gasteiger partial charge in [0.15, 0.2) is 10.8 Å². The first-order chi connectivity index (χ1) is 9.01. The SMILES string of the molecule is CC1CCCN1S(=O)(=O)c1c(N)nc2ccccn12. The highest BCUT2D eigenvalue weighted by molar-refractivity contribution is 7.89. The summed E-state index contributed by atoms with van der Waals surface area (Å²) in [5.74, 6) is 0.0605. The molecule has 0 spiro atoms. The summed E-state index contributed by atoms with van der Waals surface area (Å²) < 4.78 is 28.5. The van der Waals surface area contributed by atoms with Crippen molar-refractivity contribution in [3.05, 3.63) is 24.4 Å². The summed E-state index contributed by atoms with van der Waals surface area (Å²) in [6.45, 7) is 2.47. The maximum Gasteiger partial charge on any atom is 0.263 e. The van der Waals surface area contributed by atoms with Gasteiger partial charge in [-0.3, -0.25) is 4.40 Å². The zero-order valence-corrected chi connectivity index (χ0v) is 11.5. The van der Waals surface area contributed by atoms with Crippen molar-refractivity contribution in [1.82, 2.24) is 13.7 Å². The van der Waals surface area contributed by atoms with Gasteiger partial charge in [-0.1, -0.05) is 6.07 Å². The topological polar surface area (TPSA) is 80.7 Å². The summed E-state index contributed by atoms with van der Waals surface area (Å²) in [6.07, 6.45) is 3.44. The molecule has 0 amide bonds. The summed E-state index contributed by atoms with van der Waals surface area (Å²) in [5, 5.41) is 0.0804. The maximum absolute atomic E-state index is 12.7. The highest BCUT2D eigenvalue weighted by atomic mass is 32.2. The van der Waals surface area contributed by atoms with E-state index in [1.54, 1.807) is 24.4 Å². The van der Waals surface area contributed by atoms with E-state index in [1.807, 2.05) is 6.92 Å². The Balaban J connectivity index is 2.21. The maximum atomic E-state index is 12.7. The molecule has 102 valence electrons. The van der Waals surface area contributed by atoms with Crippen LogP contribution in [0, 0.1) is 0 Å². The van der Waals surface area contributed by atoms with Crippen molar-refractivity contribution in [2.75, 3.05) is 12.3 Å². The van der Waals surface area contributed by atoms with Crippen molar-refractivity contribution in [3.8, 4) is 0 Å². The van der Waals surface area contributed by atoms with Gasteiger partial charge in [-0.05, 0) is 31.9 Å². The van der Waals surface area contributed by atoms with Crippen molar-refractivity contribution in [1.29, 1.82) is 0 Å². The Labute approximate surface area is 111 Å². The van der Waals surface area contributed by atoms with Crippen LogP contribution in [-0.4, -0.2) is 34.7 Å². The van der Waals surface area contributed by atoms with Crippen molar-refractivity contribution in [2.45, 2.75) is 30.8 Å². The largest absolute Gasteiger partial charge is 0.381 e. The first-order valence-corrected chi connectivity index (χ1v) is 7.70. The van der Waals surface area contributed by atoms with E-state index in [2.05, 4.69) is 4.98 Å². The van der Waals surface area contributed by atoms with Gasteiger partial charge in [0.25, 0.3) is 10.0 Å². The fourth-order valence-electron chi connectivity index (χ4n) is 2.62. The molecule has 1 aliphatic rings. The smallest absolute Gasteiger partial charge is 0.263 e. The Bertz CT molecular complexity index is 722. The monoisotopic (exact) mass is 280 g/mol. The van der Waals surface area contributed by atoms with E-state index in [9.17, 15) is 8.42 Å². The normalized spacial score (nSPS) is 21.2. The fraction of sp³-hybridized carbons (Fsp3) is 0.417. The molecule has 1 saturated heterocycles. The Kier molecular flexibility index (Phi) is 2.75. The molecule has 1 fully saturated rings. The van der Waals surface area contributed by atoms with Crippen LogP contribution in [0.4, 0.5) is 5.82 Å². The lowest BCUT2D eigenvalue weighted by Gasteiger charge is -2.20. The average molecular weight is 280 g/mol. The van der Waals surface area contributed by atoms with Gasteiger partial charge in [-0.15, -0.1) is 0 Å². The van der Waals surface area contributed by atoms with Gasteiger partial charge in [0, 0.05) is 18.8 Å². The van der Waals surface area contributed by atoms with Crippen LogP contribution in [0.3, 0.4) is 0 Å². The number of hydrogen-bond donors (Lipinski definition) is 1. The predicted molar refractivity (Wildman–Crippen MR) is 72.2 cm³/mol. The van der Waals surface area contributed by atoms with E-state index in [4.69, 9.17) is 5.73 Å². The minimum atomic E-state index is -3.59. The number of nitrogen functional groups attached to an aromatic ring is 1. The number of nitrogens with zero attached hydrogens (tertiary/aromatic N) is 3. The third-order valence-electron chi connectivity index (χ3n) is 3.56. The van der Waals surface area contributed by atoms with E-state index < -0.39 is 10.0 Å². The van der Waals surface area contributed by atoms with Gasteiger partial charge in [0.2, 0.25) is 0 Å². The van der Waals surface area contributed by atoms with Crippen LogP contribution in [0.5, 0.6) is 0 Å². The predicted octanol–water partition coefficient (Wildman–Crippen LogP) is 1.09. The lowest BCUT2D eigenvalue weighted by molar-refractivity contribution is 0.406. The quantitative estimate of drug-likeness (QED) is 0.893. The van der Waals surface area contributed by atoms with Gasteiger partial charge in [0.1, 0.15) is 5.65 Å². The molecule has 3 heterocycles. The molecule has 0 saturated carbocycles. The van der Waals surface area contributed by atoms with E-state index >= 15 is 0 Å². The molecule has 7 heteroatoms. The second-order valence-electron chi connectivity index (χ2n) is 4.84. The molecule has 2 aromatic heterocycles. The third-order valence-corrected chi connectivity index (χ3v) is 5.61. The van der Waals surface area contributed by atoms with Crippen molar-refractivity contribution in [3.63, 3.8) is 0 Å². The molecule has 6 nitrogen and oxygen atoms in total. The number of nitrogens with two attached hydrogens (primary N) is 1.